The maximum atomic E-state index is 13.6. The van der Waals surface area contributed by atoms with Crippen LogP contribution in [0.5, 0.6) is 11.5 Å². The van der Waals surface area contributed by atoms with Gasteiger partial charge in [-0.05, 0) is 42.8 Å². The first kappa shape index (κ1) is 26.2. The summed E-state index contributed by atoms with van der Waals surface area (Å²) in [4.78, 5) is 22.5. The second kappa shape index (κ2) is 12.9. The number of anilines is 1. The van der Waals surface area contributed by atoms with Crippen LogP contribution in [0, 0.1) is 0 Å². The number of hydrogen-bond donors (Lipinski definition) is 0. The molecule has 0 atom stereocenters. The van der Waals surface area contributed by atoms with E-state index in [1.54, 1.807) is 12.0 Å². The third-order valence-corrected chi connectivity index (χ3v) is 6.73. The first-order valence-electron chi connectivity index (χ1n) is 11.5. The minimum atomic E-state index is -0.0608. The van der Waals surface area contributed by atoms with E-state index in [0.29, 0.717) is 23.8 Å². The standard InChI is InChI=1S/C25H31N3O4S.ClH/c1-3-4-15-32-20-7-5-19(6-8-20)24(29)28(12-11-27-13-16-31-17-14-27)25-26-22-18-21(30-2)9-10-23(22)33-25;/h5-10,18H,3-4,11-17H2,1-2H3;1H. The average molecular weight is 506 g/mol. The summed E-state index contributed by atoms with van der Waals surface area (Å²) < 4.78 is 17.6. The van der Waals surface area contributed by atoms with Crippen LogP contribution in [0.1, 0.15) is 30.1 Å². The summed E-state index contributed by atoms with van der Waals surface area (Å²) in [5.74, 6) is 1.48. The third-order valence-electron chi connectivity index (χ3n) is 5.67. The number of benzene rings is 2. The molecule has 2 heterocycles. The molecule has 2 aromatic carbocycles. The number of carbonyl (C=O) groups is 1. The van der Waals surface area contributed by atoms with Crippen LogP contribution in [-0.2, 0) is 4.74 Å². The number of rotatable bonds is 10. The van der Waals surface area contributed by atoms with Gasteiger partial charge in [-0.15, -0.1) is 12.4 Å². The van der Waals surface area contributed by atoms with Crippen molar-refractivity contribution in [2.75, 3.05) is 58.0 Å². The molecule has 4 rings (SSSR count). The Morgan fingerprint density at radius 1 is 1.15 bits per heavy atom. The molecule has 1 amide bonds. The Balaban J connectivity index is 0.00000324. The van der Waals surface area contributed by atoms with Crippen LogP contribution in [0.15, 0.2) is 42.5 Å². The number of ether oxygens (including phenoxy) is 3. The molecule has 1 aromatic heterocycles. The van der Waals surface area contributed by atoms with Gasteiger partial charge in [0.1, 0.15) is 11.5 Å². The van der Waals surface area contributed by atoms with Crippen LogP contribution in [0.25, 0.3) is 10.2 Å². The number of aromatic nitrogens is 1. The van der Waals surface area contributed by atoms with E-state index in [1.807, 2.05) is 42.5 Å². The Morgan fingerprint density at radius 2 is 1.88 bits per heavy atom. The fraction of sp³-hybridized carbons (Fsp3) is 0.440. The van der Waals surface area contributed by atoms with Crippen LogP contribution in [0.3, 0.4) is 0 Å². The molecule has 0 radical (unpaired) electrons. The highest BCUT2D eigenvalue weighted by molar-refractivity contribution is 7.22. The van der Waals surface area contributed by atoms with Gasteiger partial charge < -0.3 is 14.2 Å². The minimum Gasteiger partial charge on any atom is -0.497 e. The number of thiazole rings is 1. The molecule has 0 bridgehead atoms. The number of carbonyl (C=O) groups excluding carboxylic acids is 1. The van der Waals surface area contributed by atoms with E-state index in [1.165, 1.54) is 11.3 Å². The highest BCUT2D eigenvalue weighted by atomic mass is 35.5. The van der Waals surface area contributed by atoms with Crippen LogP contribution in [0.2, 0.25) is 0 Å². The average Bonchev–Trinajstić information content (AvgIpc) is 3.28. The summed E-state index contributed by atoms with van der Waals surface area (Å²) in [7, 11) is 1.64. The Bertz CT molecular complexity index is 1050. The number of methoxy groups -OCH3 is 1. The molecule has 0 saturated carbocycles. The Morgan fingerprint density at radius 3 is 2.59 bits per heavy atom. The molecule has 1 aliphatic rings. The van der Waals surface area contributed by atoms with Crippen molar-refractivity contribution >= 4 is 45.0 Å². The number of unbranched alkanes of at least 4 members (excludes halogenated alkanes) is 1. The van der Waals surface area contributed by atoms with Crippen molar-refractivity contribution in [2.45, 2.75) is 19.8 Å². The van der Waals surface area contributed by atoms with Gasteiger partial charge in [0.15, 0.2) is 5.13 Å². The summed E-state index contributed by atoms with van der Waals surface area (Å²) in [5, 5.41) is 0.694. The lowest BCUT2D eigenvalue weighted by Crippen LogP contribution is -2.43. The SMILES string of the molecule is CCCCOc1ccc(C(=O)N(CCN2CCOCC2)c2nc3cc(OC)ccc3s2)cc1.Cl. The lowest BCUT2D eigenvalue weighted by atomic mass is 10.2. The summed E-state index contributed by atoms with van der Waals surface area (Å²) in [6.45, 7) is 7.37. The number of amides is 1. The van der Waals surface area contributed by atoms with E-state index >= 15 is 0 Å². The lowest BCUT2D eigenvalue weighted by molar-refractivity contribution is 0.0391. The second-order valence-electron chi connectivity index (χ2n) is 7.97. The van der Waals surface area contributed by atoms with Crippen LogP contribution >= 0.6 is 23.7 Å². The molecule has 0 aliphatic carbocycles. The van der Waals surface area contributed by atoms with Crippen LogP contribution in [-0.4, -0.2) is 68.9 Å². The van der Waals surface area contributed by atoms with E-state index in [0.717, 1.165) is 67.4 Å². The van der Waals surface area contributed by atoms with Crippen molar-refractivity contribution in [1.29, 1.82) is 0 Å². The Hall–Kier alpha value is -2.39. The molecule has 184 valence electrons. The van der Waals surface area contributed by atoms with Crippen molar-refractivity contribution in [3.8, 4) is 11.5 Å². The second-order valence-corrected chi connectivity index (χ2v) is 8.98. The van der Waals surface area contributed by atoms with E-state index in [9.17, 15) is 4.79 Å². The predicted molar refractivity (Wildman–Crippen MR) is 139 cm³/mol. The Kier molecular flexibility index (Phi) is 9.95. The molecular formula is C25H32ClN3O4S. The maximum absolute atomic E-state index is 13.6. The van der Waals surface area contributed by atoms with E-state index < -0.39 is 0 Å². The number of fused-ring (bicyclic) bond motifs is 1. The summed E-state index contributed by atoms with van der Waals surface area (Å²) in [6.07, 6.45) is 2.10. The van der Waals surface area contributed by atoms with Gasteiger partial charge >= 0.3 is 0 Å². The van der Waals surface area contributed by atoms with E-state index in [-0.39, 0.29) is 18.3 Å². The van der Waals surface area contributed by atoms with Crippen molar-refractivity contribution in [1.82, 2.24) is 9.88 Å². The first-order chi connectivity index (χ1) is 16.2. The van der Waals surface area contributed by atoms with Crippen molar-refractivity contribution in [2.24, 2.45) is 0 Å². The van der Waals surface area contributed by atoms with Crippen molar-refractivity contribution in [3.63, 3.8) is 0 Å². The van der Waals surface area contributed by atoms with Gasteiger partial charge in [0.25, 0.3) is 5.91 Å². The number of hydrogen-bond acceptors (Lipinski definition) is 7. The zero-order valence-electron chi connectivity index (χ0n) is 19.7. The van der Waals surface area contributed by atoms with Gasteiger partial charge in [-0.2, -0.15) is 0 Å². The molecule has 1 fully saturated rings. The van der Waals surface area contributed by atoms with E-state index in [4.69, 9.17) is 19.2 Å². The smallest absolute Gasteiger partial charge is 0.260 e. The molecule has 0 unspecified atom stereocenters. The van der Waals surface area contributed by atoms with Gasteiger partial charge in [0, 0.05) is 37.8 Å². The van der Waals surface area contributed by atoms with Crippen LogP contribution < -0.4 is 14.4 Å². The molecule has 3 aromatic rings. The number of morpholine rings is 1. The minimum absolute atomic E-state index is 0. The number of halogens is 1. The normalized spacial score (nSPS) is 13.9. The van der Waals surface area contributed by atoms with Crippen LogP contribution in [0.4, 0.5) is 5.13 Å². The largest absolute Gasteiger partial charge is 0.497 e. The highest BCUT2D eigenvalue weighted by Gasteiger charge is 2.23. The quantitative estimate of drug-likeness (QED) is 0.366. The molecule has 7 nitrogen and oxygen atoms in total. The fourth-order valence-corrected chi connectivity index (χ4v) is 4.64. The van der Waals surface area contributed by atoms with Gasteiger partial charge in [-0.3, -0.25) is 14.6 Å². The monoisotopic (exact) mass is 505 g/mol. The topological polar surface area (TPSA) is 64.1 Å². The molecule has 0 spiro atoms. The predicted octanol–water partition coefficient (Wildman–Crippen LogP) is 4.88. The number of nitrogens with zero attached hydrogens (tertiary/aromatic N) is 3. The Labute approximate surface area is 211 Å². The first-order valence-corrected chi connectivity index (χ1v) is 12.3. The third kappa shape index (κ3) is 6.60. The van der Waals surface area contributed by atoms with E-state index in [2.05, 4.69) is 11.8 Å². The summed E-state index contributed by atoms with van der Waals surface area (Å²) in [6, 6.07) is 13.2. The van der Waals surface area contributed by atoms with Gasteiger partial charge in [-0.25, -0.2) is 4.98 Å². The van der Waals surface area contributed by atoms with Gasteiger partial charge in [0.05, 0.1) is 37.1 Å². The van der Waals surface area contributed by atoms with Gasteiger partial charge in [-0.1, -0.05) is 24.7 Å². The highest BCUT2D eigenvalue weighted by Crippen LogP contribution is 2.32. The summed E-state index contributed by atoms with van der Waals surface area (Å²) >= 11 is 1.52. The molecule has 0 N–H and O–H groups in total. The van der Waals surface area contributed by atoms with Crippen molar-refractivity contribution < 1.29 is 19.0 Å². The van der Waals surface area contributed by atoms with Crippen molar-refractivity contribution in [3.05, 3.63) is 48.0 Å². The molecule has 1 aliphatic heterocycles. The zero-order chi connectivity index (χ0) is 23.0. The molecule has 1 saturated heterocycles. The summed E-state index contributed by atoms with van der Waals surface area (Å²) in [5.41, 5.74) is 1.45. The molecule has 9 heteroatoms. The lowest BCUT2D eigenvalue weighted by Gasteiger charge is -2.29. The molecular weight excluding hydrogens is 474 g/mol. The fourth-order valence-electron chi connectivity index (χ4n) is 3.67. The maximum Gasteiger partial charge on any atom is 0.260 e. The zero-order valence-corrected chi connectivity index (χ0v) is 21.3. The van der Waals surface area contributed by atoms with Gasteiger partial charge in [0.2, 0.25) is 0 Å². The molecule has 34 heavy (non-hydrogen) atoms.